The summed E-state index contributed by atoms with van der Waals surface area (Å²) in [5, 5.41) is 13.4. The molecule has 21 heavy (non-hydrogen) atoms. The maximum absolute atomic E-state index is 10.0. The molecular formula is C16H25Br2NO2. The molecule has 0 saturated carbocycles. The lowest BCUT2D eigenvalue weighted by Gasteiger charge is -2.22. The van der Waals surface area contributed by atoms with Crippen LogP contribution in [0.5, 0.6) is 5.75 Å². The predicted octanol–water partition coefficient (Wildman–Crippen LogP) is 4.50. The number of aliphatic hydroxyl groups is 1. The summed E-state index contributed by atoms with van der Waals surface area (Å²) in [5.74, 6) is 1.37. The van der Waals surface area contributed by atoms with Gasteiger partial charge in [0.25, 0.3) is 0 Å². The number of rotatable bonds is 8. The third kappa shape index (κ3) is 6.68. The van der Waals surface area contributed by atoms with E-state index in [1.807, 2.05) is 19.1 Å². The van der Waals surface area contributed by atoms with Gasteiger partial charge < -0.3 is 15.2 Å². The van der Waals surface area contributed by atoms with Crippen molar-refractivity contribution in [1.82, 2.24) is 5.32 Å². The zero-order valence-corrected chi connectivity index (χ0v) is 16.3. The molecule has 2 N–H and O–H groups in total. The Morgan fingerprint density at radius 3 is 2.33 bits per heavy atom. The topological polar surface area (TPSA) is 41.5 Å². The summed E-state index contributed by atoms with van der Waals surface area (Å²) in [4.78, 5) is 0. The largest absolute Gasteiger partial charge is 0.488 e. The second-order valence-electron chi connectivity index (χ2n) is 6.05. The molecule has 5 heteroatoms. The maximum Gasteiger partial charge on any atom is 0.147 e. The second kappa shape index (κ2) is 8.51. The van der Waals surface area contributed by atoms with E-state index in [0.29, 0.717) is 12.3 Å². The minimum Gasteiger partial charge on any atom is -0.488 e. The minimum atomic E-state index is -0.809. The number of hydrogen-bond donors (Lipinski definition) is 2. The molecule has 1 aromatic rings. The Bertz CT molecular complexity index is 439. The Kier molecular flexibility index (Phi) is 7.68. The van der Waals surface area contributed by atoms with Gasteiger partial charge in [0.1, 0.15) is 12.4 Å². The van der Waals surface area contributed by atoms with E-state index >= 15 is 0 Å². The van der Waals surface area contributed by atoms with Crippen LogP contribution in [0.2, 0.25) is 0 Å². The number of nitrogens with one attached hydrogen (secondary N) is 1. The van der Waals surface area contributed by atoms with Crippen LogP contribution < -0.4 is 10.1 Å². The number of benzene rings is 1. The van der Waals surface area contributed by atoms with Crippen LogP contribution in [0.15, 0.2) is 21.1 Å². The van der Waals surface area contributed by atoms with Crippen LogP contribution in [-0.2, 0) is 6.54 Å². The van der Waals surface area contributed by atoms with Crippen molar-refractivity contribution in [3.05, 3.63) is 26.6 Å². The van der Waals surface area contributed by atoms with E-state index in [0.717, 1.165) is 27.8 Å². The van der Waals surface area contributed by atoms with Gasteiger partial charge in [-0.15, -0.1) is 0 Å². The summed E-state index contributed by atoms with van der Waals surface area (Å²) in [6.07, 6.45) is 0.652. The van der Waals surface area contributed by atoms with Crippen molar-refractivity contribution >= 4 is 31.9 Å². The Morgan fingerprint density at radius 1 is 1.29 bits per heavy atom. The third-order valence-electron chi connectivity index (χ3n) is 3.23. The van der Waals surface area contributed by atoms with Gasteiger partial charge in [-0.05, 0) is 75.4 Å². The van der Waals surface area contributed by atoms with Crippen molar-refractivity contribution in [3.63, 3.8) is 0 Å². The first kappa shape index (κ1) is 18.9. The van der Waals surface area contributed by atoms with Crippen LogP contribution in [-0.4, -0.2) is 23.9 Å². The standard InChI is InChI=1S/C16H25Br2NO2/c1-5-16(4,20)10-21-15-13(17)6-12(7-14(15)18)9-19-8-11(2)3/h6-7,11,19-20H,5,8-10H2,1-4H3. The molecule has 0 aliphatic rings. The van der Waals surface area contributed by atoms with Crippen LogP contribution in [0.1, 0.15) is 39.7 Å². The Morgan fingerprint density at radius 2 is 1.86 bits per heavy atom. The van der Waals surface area contributed by atoms with E-state index in [1.165, 1.54) is 5.56 Å². The molecule has 3 nitrogen and oxygen atoms in total. The van der Waals surface area contributed by atoms with Gasteiger partial charge in [-0.3, -0.25) is 0 Å². The molecule has 0 spiro atoms. The van der Waals surface area contributed by atoms with E-state index in [2.05, 4.69) is 51.0 Å². The summed E-state index contributed by atoms with van der Waals surface area (Å²) in [5.41, 5.74) is 0.375. The van der Waals surface area contributed by atoms with Gasteiger partial charge in [0.05, 0.1) is 14.5 Å². The fourth-order valence-electron chi connectivity index (χ4n) is 1.69. The van der Waals surface area contributed by atoms with Gasteiger partial charge in [0, 0.05) is 6.54 Å². The lowest BCUT2D eigenvalue weighted by molar-refractivity contribution is 0.00799. The molecule has 1 rings (SSSR count). The quantitative estimate of drug-likeness (QED) is 0.648. The van der Waals surface area contributed by atoms with Gasteiger partial charge in [0.2, 0.25) is 0 Å². The first-order chi connectivity index (χ1) is 9.75. The summed E-state index contributed by atoms with van der Waals surface area (Å²) < 4.78 is 7.54. The minimum absolute atomic E-state index is 0.269. The molecule has 0 aliphatic carbocycles. The van der Waals surface area contributed by atoms with Crippen molar-refractivity contribution in [2.45, 2.75) is 46.3 Å². The van der Waals surface area contributed by atoms with Crippen molar-refractivity contribution in [3.8, 4) is 5.75 Å². The Hall–Kier alpha value is -0.100. The zero-order chi connectivity index (χ0) is 16.0. The van der Waals surface area contributed by atoms with E-state index in [-0.39, 0.29) is 6.61 Å². The van der Waals surface area contributed by atoms with Gasteiger partial charge >= 0.3 is 0 Å². The van der Waals surface area contributed by atoms with E-state index < -0.39 is 5.60 Å². The van der Waals surface area contributed by atoms with Crippen molar-refractivity contribution in [2.75, 3.05) is 13.2 Å². The van der Waals surface area contributed by atoms with Crippen LogP contribution in [0.25, 0.3) is 0 Å². The fraction of sp³-hybridized carbons (Fsp3) is 0.625. The molecule has 0 aliphatic heterocycles. The van der Waals surface area contributed by atoms with E-state index in [9.17, 15) is 5.11 Å². The number of ether oxygens (including phenoxy) is 1. The van der Waals surface area contributed by atoms with Gasteiger partial charge in [-0.2, -0.15) is 0 Å². The molecule has 0 heterocycles. The molecule has 0 bridgehead atoms. The molecule has 1 aromatic carbocycles. The first-order valence-corrected chi connectivity index (χ1v) is 8.87. The summed E-state index contributed by atoms with van der Waals surface area (Å²) >= 11 is 7.09. The number of hydrogen-bond acceptors (Lipinski definition) is 3. The molecule has 1 unspecified atom stereocenters. The SMILES string of the molecule is CCC(C)(O)COc1c(Br)cc(CNCC(C)C)cc1Br. The van der Waals surface area contributed by atoms with Gasteiger partial charge in [-0.1, -0.05) is 20.8 Å². The molecular weight excluding hydrogens is 398 g/mol. The molecule has 0 fully saturated rings. The molecule has 120 valence electrons. The van der Waals surface area contributed by atoms with Crippen LogP contribution in [0, 0.1) is 5.92 Å². The van der Waals surface area contributed by atoms with E-state index in [1.54, 1.807) is 6.92 Å². The van der Waals surface area contributed by atoms with Gasteiger partial charge in [-0.25, -0.2) is 0 Å². The van der Waals surface area contributed by atoms with E-state index in [4.69, 9.17) is 4.74 Å². The maximum atomic E-state index is 10.0. The highest BCUT2D eigenvalue weighted by Crippen LogP contribution is 2.35. The summed E-state index contributed by atoms with van der Waals surface area (Å²) in [6, 6.07) is 4.10. The second-order valence-corrected chi connectivity index (χ2v) is 7.76. The van der Waals surface area contributed by atoms with Crippen molar-refractivity contribution < 1.29 is 9.84 Å². The monoisotopic (exact) mass is 421 g/mol. The molecule has 0 radical (unpaired) electrons. The fourth-order valence-corrected chi connectivity index (χ4v) is 3.20. The highest BCUT2D eigenvalue weighted by atomic mass is 79.9. The lowest BCUT2D eigenvalue weighted by Crippen LogP contribution is -2.31. The Balaban J connectivity index is 2.71. The normalized spacial score (nSPS) is 14.3. The van der Waals surface area contributed by atoms with Crippen LogP contribution >= 0.6 is 31.9 Å². The molecule has 1 atom stereocenters. The lowest BCUT2D eigenvalue weighted by atomic mass is 10.1. The van der Waals surface area contributed by atoms with Gasteiger partial charge in [0.15, 0.2) is 0 Å². The Labute approximate surface area is 144 Å². The molecule has 0 amide bonds. The van der Waals surface area contributed by atoms with Crippen molar-refractivity contribution in [1.29, 1.82) is 0 Å². The molecule has 0 saturated heterocycles. The van der Waals surface area contributed by atoms with Crippen LogP contribution in [0.3, 0.4) is 0 Å². The van der Waals surface area contributed by atoms with Crippen molar-refractivity contribution in [2.24, 2.45) is 5.92 Å². The van der Waals surface area contributed by atoms with Crippen LogP contribution in [0.4, 0.5) is 0 Å². The average Bonchev–Trinajstić information content (AvgIpc) is 2.37. The summed E-state index contributed by atoms with van der Waals surface area (Å²) in [7, 11) is 0. The first-order valence-electron chi connectivity index (χ1n) is 7.29. The predicted molar refractivity (Wildman–Crippen MR) is 94.8 cm³/mol. The highest BCUT2D eigenvalue weighted by Gasteiger charge is 2.20. The molecule has 0 aromatic heterocycles. The third-order valence-corrected chi connectivity index (χ3v) is 4.41. The smallest absolute Gasteiger partial charge is 0.147 e. The zero-order valence-electron chi connectivity index (χ0n) is 13.2. The average molecular weight is 423 g/mol. The highest BCUT2D eigenvalue weighted by molar-refractivity contribution is 9.11. The number of halogens is 2. The summed E-state index contributed by atoms with van der Waals surface area (Å²) in [6.45, 7) is 10.2.